The highest BCUT2D eigenvalue weighted by Gasteiger charge is 2.20. The Bertz CT molecular complexity index is 1030. The fourth-order valence-corrected chi connectivity index (χ4v) is 3.03. The smallest absolute Gasteiger partial charge is 0.253 e. The summed E-state index contributed by atoms with van der Waals surface area (Å²) in [4.78, 5) is 37.9. The molecule has 0 unspecified atom stereocenters. The maximum Gasteiger partial charge on any atom is 0.253 e. The number of benzene rings is 1. The molecule has 8 heteroatoms. The van der Waals surface area contributed by atoms with Crippen molar-refractivity contribution in [3.05, 3.63) is 50.4 Å². The average molecular weight is 370 g/mol. The average Bonchev–Trinajstić information content (AvgIpc) is 3.04. The topological polar surface area (TPSA) is 123 Å². The number of aromatic amines is 1. The summed E-state index contributed by atoms with van der Waals surface area (Å²) in [6.07, 6.45) is 2.40. The molecule has 1 amide bonds. The van der Waals surface area contributed by atoms with Gasteiger partial charge in [-0.05, 0) is 43.4 Å². The SMILES string of the molecule is Cc1cc2ccc(Nc3c(NCCCCCC(=O)NO)c(=O)c3=O)cc2[nH]1. The van der Waals surface area contributed by atoms with E-state index in [9.17, 15) is 14.4 Å². The summed E-state index contributed by atoms with van der Waals surface area (Å²) in [5, 5.41) is 15.5. The van der Waals surface area contributed by atoms with Gasteiger partial charge in [0.05, 0.1) is 0 Å². The lowest BCUT2D eigenvalue weighted by atomic mass is 10.1. The quantitative estimate of drug-likeness (QED) is 0.170. The number of carbonyl (C=O) groups excluding carboxylic acids is 1. The van der Waals surface area contributed by atoms with E-state index in [1.807, 2.05) is 31.2 Å². The van der Waals surface area contributed by atoms with Crippen LogP contribution in [0.4, 0.5) is 17.1 Å². The number of hydrogen-bond acceptors (Lipinski definition) is 6. The molecule has 0 aliphatic heterocycles. The molecule has 1 aromatic heterocycles. The maximum atomic E-state index is 11.9. The Balaban J connectivity index is 1.57. The molecule has 0 spiro atoms. The molecule has 1 heterocycles. The summed E-state index contributed by atoms with van der Waals surface area (Å²) >= 11 is 0. The van der Waals surface area contributed by atoms with E-state index < -0.39 is 16.8 Å². The minimum atomic E-state index is -0.528. The van der Waals surface area contributed by atoms with Crippen molar-refractivity contribution < 1.29 is 10.0 Å². The monoisotopic (exact) mass is 370 g/mol. The van der Waals surface area contributed by atoms with E-state index in [1.165, 1.54) is 0 Å². The molecule has 0 aliphatic carbocycles. The maximum absolute atomic E-state index is 11.9. The van der Waals surface area contributed by atoms with Gasteiger partial charge in [-0.2, -0.15) is 0 Å². The lowest BCUT2D eigenvalue weighted by molar-refractivity contribution is -0.129. The molecule has 0 saturated heterocycles. The molecule has 3 aromatic rings. The molecular formula is C19H22N4O4. The summed E-state index contributed by atoms with van der Waals surface area (Å²) in [5.41, 5.74) is 3.86. The van der Waals surface area contributed by atoms with Gasteiger partial charge < -0.3 is 15.6 Å². The number of anilines is 3. The first-order valence-electron chi connectivity index (χ1n) is 8.86. The molecule has 0 atom stereocenters. The molecule has 0 fully saturated rings. The third-order valence-corrected chi connectivity index (χ3v) is 4.44. The van der Waals surface area contributed by atoms with Crippen LogP contribution in [0.2, 0.25) is 0 Å². The highest BCUT2D eigenvalue weighted by Crippen LogP contribution is 2.24. The van der Waals surface area contributed by atoms with E-state index >= 15 is 0 Å². The summed E-state index contributed by atoms with van der Waals surface area (Å²) in [6.45, 7) is 2.50. The Morgan fingerprint density at radius 2 is 1.85 bits per heavy atom. The van der Waals surface area contributed by atoms with Crippen molar-refractivity contribution in [3.63, 3.8) is 0 Å². The second-order valence-corrected chi connectivity index (χ2v) is 6.56. The van der Waals surface area contributed by atoms with E-state index in [0.717, 1.165) is 35.1 Å². The zero-order valence-corrected chi connectivity index (χ0v) is 15.0. The summed E-state index contributed by atoms with van der Waals surface area (Å²) in [6, 6.07) is 7.74. The lowest BCUT2D eigenvalue weighted by Gasteiger charge is -2.15. The van der Waals surface area contributed by atoms with Gasteiger partial charge in [0.25, 0.3) is 10.9 Å². The number of rotatable bonds is 9. The second kappa shape index (κ2) is 8.05. The van der Waals surface area contributed by atoms with Gasteiger partial charge in [-0.15, -0.1) is 0 Å². The molecule has 0 radical (unpaired) electrons. The van der Waals surface area contributed by atoms with Crippen molar-refractivity contribution in [2.24, 2.45) is 0 Å². The van der Waals surface area contributed by atoms with Crippen molar-refractivity contribution in [3.8, 4) is 0 Å². The van der Waals surface area contributed by atoms with Crippen LogP contribution < -0.4 is 27.0 Å². The Hall–Kier alpha value is -3.13. The van der Waals surface area contributed by atoms with E-state index in [2.05, 4.69) is 15.6 Å². The number of hydrogen-bond donors (Lipinski definition) is 5. The molecule has 5 N–H and O–H groups in total. The molecular weight excluding hydrogens is 348 g/mol. The minimum absolute atomic E-state index is 0.254. The van der Waals surface area contributed by atoms with Crippen molar-refractivity contribution in [1.82, 2.24) is 10.5 Å². The van der Waals surface area contributed by atoms with E-state index in [0.29, 0.717) is 18.7 Å². The molecule has 0 aliphatic rings. The zero-order chi connectivity index (χ0) is 19.4. The number of fused-ring (bicyclic) bond motifs is 1. The largest absolute Gasteiger partial charge is 0.380 e. The van der Waals surface area contributed by atoms with Crippen molar-refractivity contribution in [2.75, 3.05) is 17.2 Å². The van der Waals surface area contributed by atoms with Crippen LogP contribution in [0.1, 0.15) is 31.4 Å². The van der Waals surface area contributed by atoms with Gasteiger partial charge in [0.15, 0.2) is 0 Å². The molecule has 0 bridgehead atoms. The summed E-state index contributed by atoms with van der Waals surface area (Å²) < 4.78 is 0. The third-order valence-electron chi connectivity index (χ3n) is 4.44. The molecule has 2 aromatic carbocycles. The van der Waals surface area contributed by atoms with Crippen LogP contribution in [0, 0.1) is 6.92 Å². The Kier molecular flexibility index (Phi) is 5.56. The summed E-state index contributed by atoms with van der Waals surface area (Å²) in [7, 11) is 0. The number of aromatic nitrogens is 1. The lowest BCUT2D eigenvalue weighted by Crippen LogP contribution is -2.36. The van der Waals surface area contributed by atoms with Crippen LogP contribution in [0.5, 0.6) is 0 Å². The molecule has 8 nitrogen and oxygen atoms in total. The van der Waals surface area contributed by atoms with Crippen molar-refractivity contribution >= 4 is 33.9 Å². The van der Waals surface area contributed by atoms with E-state index in [-0.39, 0.29) is 12.1 Å². The number of H-pyrrole nitrogens is 1. The van der Waals surface area contributed by atoms with Gasteiger partial charge >= 0.3 is 0 Å². The summed E-state index contributed by atoms with van der Waals surface area (Å²) in [5.74, 6) is -0.411. The van der Waals surface area contributed by atoms with Crippen molar-refractivity contribution in [1.29, 1.82) is 0 Å². The molecule has 3 rings (SSSR count). The van der Waals surface area contributed by atoms with E-state index in [1.54, 1.807) is 5.48 Å². The number of carbonyl (C=O) groups is 1. The highest BCUT2D eigenvalue weighted by atomic mass is 16.5. The second-order valence-electron chi connectivity index (χ2n) is 6.56. The van der Waals surface area contributed by atoms with Crippen LogP contribution in [0.3, 0.4) is 0 Å². The number of unbranched alkanes of at least 4 members (excludes halogenated alkanes) is 2. The standard InChI is InChI=1S/C19H22N4O4/c1-11-9-12-6-7-13(10-14(12)21-11)22-17-16(18(25)19(17)26)20-8-4-2-3-5-15(24)23-27/h6-7,9-10,20-22,27H,2-5,8H2,1H3,(H,23,24). The third kappa shape index (κ3) is 4.17. The van der Waals surface area contributed by atoms with Crippen LogP contribution in [-0.2, 0) is 4.79 Å². The fraction of sp³-hybridized carbons (Fsp3) is 0.316. The van der Waals surface area contributed by atoms with Gasteiger partial charge in [-0.25, -0.2) is 5.48 Å². The Morgan fingerprint density at radius 1 is 1.07 bits per heavy atom. The molecule has 27 heavy (non-hydrogen) atoms. The minimum Gasteiger partial charge on any atom is -0.380 e. The van der Waals surface area contributed by atoms with Crippen LogP contribution in [0.15, 0.2) is 33.9 Å². The molecule has 0 saturated carbocycles. The van der Waals surface area contributed by atoms with Gasteiger partial charge in [0.1, 0.15) is 11.4 Å². The molecule has 142 valence electrons. The van der Waals surface area contributed by atoms with Crippen LogP contribution in [-0.4, -0.2) is 22.6 Å². The fourth-order valence-electron chi connectivity index (χ4n) is 3.03. The van der Waals surface area contributed by atoms with Gasteiger partial charge in [0.2, 0.25) is 5.91 Å². The first-order chi connectivity index (χ1) is 13.0. The van der Waals surface area contributed by atoms with Crippen molar-refractivity contribution in [2.45, 2.75) is 32.6 Å². The Labute approximate surface area is 155 Å². The normalized spacial score (nSPS) is 11.0. The van der Waals surface area contributed by atoms with Gasteiger partial charge in [-0.1, -0.05) is 12.5 Å². The predicted octanol–water partition coefficient (Wildman–Crippen LogP) is 2.29. The van der Waals surface area contributed by atoms with Crippen LogP contribution in [0.25, 0.3) is 10.9 Å². The number of nitrogens with one attached hydrogen (secondary N) is 4. The number of hydroxylamine groups is 1. The zero-order valence-electron chi connectivity index (χ0n) is 15.0. The number of aryl methyl sites for hydroxylation is 1. The highest BCUT2D eigenvalue weighted by molar-refractivity contribution is 5.86. The predicted molar refractivity (Wildman–Crippen MR) is 105 cm³/mol. The number of amides is 1. The van der Waals surface area contributed by atoms with E-state index in [4.69, 9.17) is 5.21 Å². The van der Waals surface area contributed by atoms with Gasteiger partial charge in [0, 0.05) is 29.9 Å². The van der Waals surface area contributed by atoms with Crippen LogP contribution >= 0.6 is 0 Å². The van der Waals surface area contributed by atoms with Gasteiger partial charge in [-0.3, -0.25) is 19.6 Å². The first kappa shape index (κ1) is 18.7. The Morgan fingerprint density at radius 3 is 2.63 bits per heavy atom. The first-order valence-corrected chi connectivity index (χ1v) is 8.86.